The highest BCUT2D eigenvalue weighted by atomic mass is 35.5. The third-order valence-electron chi connectivity index (χ3n) is 3.81. The highest BCUT2D eigenvalue weighted by Gasteiger charge is 2.11. The SMILES string of the molecule is COc1cccc(CNCCNC[C@@H](C)O)c1OCc1ccc(Cl)cc1. The molecule has 0 fully saturated rings. The van der Waals surface area contributed by atoms with E-state index in [1.807, 2.05) is 42.5 Å². The fraction of sp³-hybridized carbons (Fsp3) is 0.400. The molecule has 2 aromatic carbocycles. The summed E-state index contributed by atoms with van der Waals surface area (Å²) in [5.41, 5.74) is 2.08. The van der Waals surface area contributed by atoms with E-state index in [0.717, 1.165) is 30.0 Å². The molecular formula is C20H27ClN2O3. The van der Waals surface area contributed by atoms with Crippen LogP contribution in [-0.2, 0) is 13.2 Å². The number of benzene rings is 2. The van der Waals surface area contributed by atoms with Crippen molar-refractivity contribution in [2.24, 2.45) is 0 Å². The van der Waals surface area contributed by atoms with E-state index in [4.69, 9.17) is 21.1 Å². The minimum atomic E-state index is -0.332. The maximum absolute atomic E-state index is 9.23. The van der Waals surface area contributed by atoms with Gasteiger partial charge in [-0.05, 0) is 30.7 Å². The zero-order valence-corrected chi connectivity index (χ0v) is 16.1. The average Bonchev–Trinajstić information content (AvgIpc) is 2.64. The highest BCUT2D eigenvalue weighted by Crippen LogP contribution is 2.31. The second-order valence-electron chi connectivity index (χ2n) is 6.09. The summed E-state index contributed by atoms with van der Waals surface area (Å²) in [4.78, 5) is 0. The maximum atomic E-state index is 9.23. The molecule has 2 aromatic rings. The van der Waals surface area contributed by atoms with Crippen LogP contribution in [0, 0.1) is 0 Å². The Morgan fingerprint density at radius 1 is 1.08 bits per heavy atom. The van der Waals surface area contributed by atoms with Gasteiger partial charge in [-0.2, -0.15) is 0 Å². The summed E-state index contributed by atoms with van der Waals surface area (Å²) in [6.45, 7) is 5.05. The van der Waals surface area contributed by atoms with E-state index >= 15 is 0 Å². The van der Waals surface area contributed by atoms with Gasteiger partial charge in [0.2, 0.25) is 0 Å². The number of ether oxygens (including phenoxy) is 2. The van der Waals surface area contributed by atoms with Crippen molar-refractivity contribution in [2.75, 3.05) is 26.7 Å². The van der Waals surface area contributed by atoms with Crippen LogP contribution in [0.2, 0.25) is 5.02 Å². The van der Waals surface area contributed by atoms with Crippen molar-refractivity contribution in [2.45, 2.75) is 26.2 Å². The number of aliphatic hydroxyl groups is 1. The van der Waals surface area contributed by atoms with Crippen LogP contribution in [0.5, 0.6) is 11.5 Å². The number of hydrogen-bond acceptors (Lipinski definition) is 5. The second kappa shape index (κ2) is 11.0. The first-order valence-corrected chi connectivity index (χ1v) is 9.10. The van der Waals surface area contributed by atoms with Gasteiger partial charge in [0.25, 0.3) is 0 Å². The normalized spacial score (nSPS) is 12.0. The summed E-state index contributed by atoms with van der Waals surface area (Å²) in [6.07, 6.45) is -0.332. The molecule has 0 saturated carbocycles. The molecule has 0 radical (unpaired) electrons. The van der Waals surface area contributed by atoms with Crippen molar-refractivity contribution >= 4 is 11.6 Å². The smallest absolute Gasteiger partial charge is 0.166 e. The number of methoxy groups -OCH3 is 1. The first-order chi connectivity index (χ1) is 12.6. The molecule has 0 saturated heterocycles. The molecule has 0 amide bonds. The molecule has 5 nitrogen and oxygen atoms in total. The number of halogens is 1. The Morgan fingerprint density at radius 2 is 1.81 bits per heavy atom. The molecule has 2 rings (SSSR count). The van der Waals surface area contributed by atoms with E-state index in [-0.39, 0.29) is 6.10 Å². The van der Waals surface area contributed by atoms with Gasteiger partial charge in [-0.1, -0.05) is 35.9 Å². The van der Waals surface area contributed by atoms with Crippen LogP contribution in [0.3, 0.4) is 0 Å². The number of para-hydroxylation sites is 1. The molecule has 0 bridgehead atoms. The van der Waals surface area contributed by atoms with Gasteiger partial charge in [0, 0.05) is 36.8 Å². The van der Waals surface area contributed by atoms with Gasteiger partial charge >= 0.3 is 0 Å². The lowest BCUT2D eigenvalue weighted by Crippen LogP contribution is -2.31. The molecule has 0 aliphatic carbocycles. The van der Waals surface area contributed by atoms with Gasteiger partial charge < -0.3 is 25.2 Å². The largest absolute Gasteiger partial charge is 0.493 e. The number of aliphatic hydroxyl groups excluding tert-OH is 1. The average molecular weight is 379 g/mol. The Balaban J connectivity index is 1.92. The van der Waals surface area contributed by atoms with Gasteiger partial charge in [0.15, 0.2) is 11.5 Å². The molecule has 26 heavy (non-hydrogen) atoms. The first-order valence-electron chi connectivity index (χ1n) is 8.72. The molecule has 3 N–H and O–H groups in total. The van der Waals surface area contributed by atoms with Gasteiger partial charge in [-0.25, -0.2) is 0 Å². The van der Waals surface area contributed by atoms with E-state index in [2.05, 4.69) is 10.6 Å². The van der Waals surface area contributed by atoms with Gasteiger partial charge in [0.1, 0.15) is 6.61 Å². The van der Waals surface area contributed by atoms with Crippen molar-refractivity contribution in [3.8, 4) is 11.5 Å². The second-order valence-corrected chi connectivity index (χ2v) is 6.53. The Morgan fingerprint density at radius 3 is 2.50 bits per heavy atom. The summed E-state index contributed by atoms with van der Waals surface area (Å²) in [5, 5.41) is 16.5. The van der Waals surface area contributed by atoms with E-state index in [1.54, 1.807) is 14.0 Å². The van der Waals surface area contributed by atoms with E-state index < -0.39 is 0 Å². The van der Waals surface area contributed by atoms with Gasteiger partial charge in [-0.15, -0.1) is 0 Å². The van der Waals surface area contributed by atoms with E-state index in [9.17, 15) is 5.11 Å². The van der Waals surface area contributed by atoms with Crippen LogP contribution < -0.4 is 20.1 Å². The van der Waals surface area contributed by atoms with E-state index in [0.29, 0.717) is 30.5 Å². The van der Waals surface area contributed by atoms with Crippen LogP contribution in [0.15, 0.2) is 42.5 Å². The lowest BCUT2D eigenvalue weighted by molar-refractivity contribution is 0.191. The molecule has 0 unspecified atom stereocenters. The van der Waals surface area contributed by atoms with E-state index in [1.165, 1.54) is 0 Å². The number of rotatable bonds is 11. The summed E-state index contributed by atoms with van der Waals surface area (Å²) >= 11 is 5.92. The van der Waals surface area contributed by atoms with Gasteiger partial charge in [0.05, 0.1) is 13.2 Å². The minimum Gasteiger partial charge on any atom is -0.493 e. The van der Waals surface area contributed by atoms with Crippen LogP contribution in [0.25, 0.3) is 0 Å². The molecule has 6 heteroatoms. The molecule has 142 valence electrons. The summed E-state index contributed by atoms with van der Waals surface area (Å²) in [7, 11) is 1.64. The fourth-order valence-electron chi connectivity index (χ4n) is 2.47. The molecular weight excluding hydrogens is 352 g/mol. The lowest BCUT2D eigenvalue weighted by Gasteiger charge is -2.16. The Labute approximate surface area is 160 Å². The molecule has 0 heterocycles. The number of hydrogen-bond donors (Lipinski definition) is 3. The Bertz CT molecular complexity index is 663. The van der Waals surface area contributed by atoms with Gasteiger partial charge in [-0.3, -0.25) is 0 Å². The highest BCUT2D eigenvalue weighted by molar-refractivity contribution is 6.30. The summed E-state index contributed by atoms with van der Waals surface area (Å²) < 4.78 is 11.5. The lowest BCUT2D eigenvalue weighted by atomic mass is 10.1. The maximum Gasteiger partial charge on any atom is 0.166 e. The van der Waals surface area contributed by atoms with Crippen LogP contribution in [0.1, 0.15) is 18.1 Å². The Hall–Kier alpha value is -1.79. The minimum absolute atomic E-state index is 0.332. The third kappa shape index (κ3) is 6.84. The van der Waals surface area contributed by atoms with Crippen molar-refractivity contribution in [3.63, 3.8) is 0 Å². The third-order valence-corrected chi connectivity index (χ3v) is 4.06. The molecule has 1 atom stereocenters. The van der Waals surface area contributed by atoms with Crippen molar-refractivity contribution in [1.29, 1.82) is 0 Å². The first kappa shape index (κ1) is 20.5. The van der Waals surface area contributed by atoms with Crippen LogP contribution in [0.4, 0.5) is 0 Å². The zero-order chi connectivity index (χ0) is 18.8. The topological polar surface area (TPSA) is 62.8 Å². The van der Waals surface area contributed by atoms with Crippen LogP contribution >= 0.6 is 11.6 Å². The predicted molar refractivity (Wildman–Crippen MR) is 105 cm³/mol. The molecule has 0 spiro atoms. The molecule has 0 aliphatic heterocycles. The quantitative estimate of drug-likeness (QED) is 0.525. The molecule has 0 aromatic heterocycles. The number of nitrogens with one attached hydrogen (secondary N) is 2. The predicted octanol–water partition coefficient (Wildman–Crippen LogP) is 2.99. The van der Waals surface area contributed by atoms with Crippen molar-refractivity contribution in [1.82, 2.24) is 10.6 Å². The van der Waals surface area contributed by atoms with Crippen molar-refractivity contribution in [3.05, 3.63) is 58.6 Å². The fourth-order valence-corrected chi connectivity index (χ4v) is 2.60. The van der Waals surface area contributed by atoms with Crippen LogP contribution in [-0.4, -0.2) is 38.0 Å². The standard InChI is InChI=1S/C20H27ClN2O3/c1-15(24)12-22-10-11-23-13-17-4-3-5-19(25-2)20(17)26-14-16-6-8-18(21)9-7-16/h3-9,15,22-24H,10-14H2,1-2H3/t15-/m1/s1. The molecule has 0 aliphatic rings. The summed E-state index contributed by atoms with van der Waals surface area (Å²) in [5.74, 6) is 1.46. The summed E-state index contributed by atoms with van der Waals surface area (Å²) in [6, 6.07) is 13.5. The Kier molecular flexibility index (Phi) is 8.71. The zero-order valence-electron chi connectivity index (χ0n) is 15.3. The van der Waals surface area contributed by atoms with Crippen molar-refractivity contribution < 1.29 is 14.6 Å². The monoisotopic (exact) mass is 378 g/mol.